The van der Waals surface area contributed by atoms with E-state index in [4.69, 9.17) is 6.57 Å². The molecule has 0 aliphatic carbocycles. The second-order valence-electron chi connectivity index (χ2n) is 2.33. The molecule has 1 rings (SSSR count). The molecular weight excluding hydrogens is 156 g/mol. The molecule has 0 spiro atoms. The van der Waals surface area contributed by atoms with Crippen molar-refractivity contribution in [2.24, 2.45) is 0 Å². The van der Waals surface area contributed by atoms with Crippen LogP contribution in [0.3, 0.4) is 0 Å². The number of carbonyl (C=O) groups excluding carboxylic acids is 1. The van der Waals surface area contributed by atoms with Gasteiger partial charge in [-0.3, -0.25) is 4.79 Å². The summed E-state index contributed by atoms with van der Waals surface area (Å²) in [5.41, 5.74) is 0.255. The van der Waals surface area contributed by atoms with E-state index < -0.39 is 5.82 Å². The number of carbonyl (C=O) groups is 1. The first-order valence-electron chi connectivity index (χ1n) is 3.33. The summed E-state index contributed by atoms with van der Waals surface area (Å²) < 4.78 is 12.7. The largest absolute Gasteiger partial charge is 0.295 e. The fourth-order valence-electron chi connectivity index (χ4n) is 0.817. The topological polar surface area (TPSA) is 21.4 Å². The maximum atomic E-state index is 12.7. The summed E-state index contributed by atoms with van der Waals surface area (Å²) in [6.45, 7) is 7.97. The number of nitrogens with zero attached hydrogens (tertiary/aromatic N) is 1. The number of ketones is 1. The van der Waals surface area contributed by atoms with Crippen molar-refractivity contribution >= 4 is 11.5 Å². The molecule has 60 valence electrons. The Bertz CT molecular complexity index is 365. The monoisotopic (exact) mass is 162 g/mol. The first kappa shape index (κ1) is 8.41. The zero-order chi connectivity index (χ0) is 9.14. The van der Waals surface area contributed by atoms with Gasteiger partial charge in [-0.15, -0.1) is 0 Å². The lowest BCUT2D eigenvalue weighted by molar-refractivity contribution is 0.101. The predicted octanol–water partition coefficient (Wildman–Crippen LogP) is 2.58. The second kappa shape index (κ2) is 3.14. The molecule has 0 amide bonds. The predicted molar refractivity (Wildman–Crippen MR) is 42.7 cm³/mol. The van der Waals surface area contributed by atoms with Crippen molar-refractivity contribution in [2.75, 3.05) is 0 Å². The standard InChI is InChI=1S/C9H6FNO/c1-6(12)7-3-4-8(10)9(5-7)11-2/h3-5H,1H3/i10-1. The van der Waals surface area contributed by atoms with Crippen molar-refractivity contribution in [3.05, 3.63) is 41.0 Å². The molecule has 3 heteroatoms. The molecule has 0 heterocycles. The molecule has 0 aliphatic rings. The summed E-state index contributed by atoms with van der Waals surface area (Å²) in [7, 11) is 0. The summed E-state index contributed by atoms with van der Waals surface area (Å²) >= 11 is 0. The van der Waals surface area contributed by atoms with Gasteiger partial charge in [0.15, 0.2) is 5.78 Å². The molecule has 1 aromatic carbocycles. The minimum absolute atomic E-state index is 0.109. The number of hydrogen-bond donors (Lipinski definition) is 0. The van der Waals surface area contributed by atoms with Gasteiger partial charge in [-0.25, -0.2) is 9.24 Å². The lowest BCUT2D eigenvalue weighted by atomic mass is 10.1. The van der Waals surface area contributed by atoms with E-state index in [2.05, 4.69) is 4.85 Å². The molecule has 0 aromatic heterocycles. The summed E-state index contributed by atoms with van der Waals surface area (Å²) in [6, 6.07) is 3.75. The highest BCUT2D eigenvalue weighted by Crippen LogP contribution is 2.19. The molecule has 1 aromatic rings. The molecule has 0 saturated carbocycles. The Morgan fingerprint density at radius 1 is 1.58 bits per heavy atom. The van der Waals surface area contributed by atoms with E-state index in [9.17, 15) is 9.18 Å². The van der Waals surface area contributed by atoms with Crippen LogP contribution in [0.15, 0.2) is 18.2 Å². The molecule has 0 aliphatic heterocycles. The van der Waals surface area contributed by atoms with Crippen LogP contribution in [0.25, 0.3) is 4.85 Å². The highest BCUT2D eigenvalue weighted by molar-refractivity contribution is 5.95. The highest BCUT2D eigenvalue weighted by atomic mass is 18.2. The van der Waals surface area contributed by atoms with Crippen molar-refractivity contribution in [3.63, 3.8) is 0 Å². The fraction of sp³-hybridized carbons (Fsp3) is 0.111. The van der Waals surface area contributed by atoms with Crippen molar-refractivity contribution in [2.45, 2.75) is 6.92 Å². The van der Waals surface area contributed by atoms with Crippen LogP contribution in [-0.2, 0) is 0 Å². The molecule has 0 bridgehead atoms. The van der Waals surface area contributed by atoms with Crippen LogP contribution in [0.4, 0.5) is 10.1 Å². The van der Waals surface area contributed by atoms with Gasteiger partial charge in [0.2, 0.25) is 5.69 Å². The third-order valence-corrected chi connectivity index (χ3v) is 1.47. The number of halogens is 1. The van der Waals surface area contributed by atoms with Crippen LogP contribution in [0.1, 0.15) is 17.3 Å². The van der Waals surface area contributed by atoms with Crippen LogP contribution in [0.2, 0.25) is 0 Å². The first-order valence-corrected chi connectivity index (χ1v) is 3.33. The Hall–Kier alpha value is -1.69. The third kappa shape index (κ3) is 1.48. The zero-order valence-electron chi connectivity index (χ0n) is 6.47. The Kier molecular flexibility index (Phi) is 2.20. The average molecular weight is 162 g/mol. The number of rotatable bonds is 1. The molecule has 0 N–H and O–H groups in total. The van der Waals surface area contributed by atoms with E-state index in [1.807, 2.05) is 0 Å². The van der Waals surface area contributed by atoms with Crippen molar-refractivity contribution in [3.8, 4) is 0 Å². The van der Waals surface area contributed by atoms with Gasteiger partial charge in [-0.1, -0.05) is 6.07 Å². The number of Topliss-reactive ketones (excluding diaryl/α,β-unsaturated/α-hetero) is 1. The van der Waals surface area contributed by atoms with Gasteiger partial charge in [-0.05, 0) is 19.1 Å². The van der Waals surface area contributed by atoms with Gasteiger partial charge < -0.3 is 0 Å². The molecule has 12 heavy (non-hydrogen) atoms. The Labute approximate surface area is 69.5 Å². The van der Waals surface area contributed by atoms with Gasteiger partial charge in [-0.2, -0.15) is 0 Å². The maximum Gasteiger partial charge on any atom is 0.222 e. The Balaban J connectivity index is 3.25. The van der Waals surface area contributed by atoms with E-state index in [0.29, 0.717) is 5.56 Å². The van der Waals surface area contributed by atoms with Crippen molar-refractivity contribution in [1.82, 2.24) is 0 Å². The maximum absolute atomic E-state index is 12.7. The quantitative estimate of drug-likeness (QED) is 0.459. The van der Waals surface area contributed by atoms with Crippen molar-refractivity contribution < 1.29 is 9.18 Å². The first-order chi connectivity index (χ1) is 5.65. The molecule has 2 nitrogen and oxygen atoms in total. The normalized spacial score (nSPS) is 9.08. The van der Waals surface area contributed by atoms with Gasteiger partial charge in [0.1, 0.15) is 5.82 Å². The van der Waals surface area contributed by atoms with E-state index >= 15 is 0 Å². The SMILES string of the molecule is [C-]#[N+]c1cc(C(C)=O)ccc1[18F]. The van der Waals surface area contributed by atoms with Gasteiger partial charge in [0, 0.05) is 5.56 Å². The highest BCUT2D eigenvalue weighted by Gasteiger charge is 2.04. The van der Waals surface area contributed by atoms with Crippen LogP contribution in [0, 0.1) is 12.4 Å². The Morgan fingerprint density at radius 2 is 2.25 bits per heavy atom. The zero-order valence-corrected chi connectivity index (χ0v) is 6.47. The second-order valence-corrected chi connectivity index (χ2v) is 2.33. The van der Waals surface area contributed by atoms with E-state index in [1.165, 1.54) is 19.1 Å². The lowest BCUT2D eigenvalue weighted by Gasteiger charge is -1.96. The van der Waals surface area contributed by atoms with Crippen LogP contribution >= 0.6 is 0 Å². The molecule has 0 unspecified atom stereocenters. The summed E-state index contributed by atoms with van der Waals surface area (Å²) in [4.78, 5) is 13.7. The minimum atomic E-state index is -0.588. The van der Waals surface area contributed by atoms with Crippen LogP contribution in [-0.4, -0.2) is 5.78 Å². The lowest BCUT2D eigenvalue weighted by Crippen LogP contribution is -1.91. The molecule has 0 radical (unpaired) electrons. The molecule has 0 atom stereocenters. The molecular formula is C9H6FNO. The van der Waals surface area contributed by atoms with Gasteiger partial charge >= 0.3 is 0 Å². The van der Waals surface area contributed by atoms with Crippen LogP contribution < -0.4 is 0 Å². The smallest absolute Gasteiger partial charge is 0.222 e. The van der Waals surface area contributed by atoms with E-state index in [0.717, 1.165) is 6.07 Å². The fourth-order valence-corrected chi connectivity index (χ4v) is 0.817. The van der Waals surface area contributed by atoms with Crippen LogP contribution in [0.5, 0.6) is 0 Å². The van der Waals surface area contributed by atoms with Gasteiger partial charge in [0.05, 0.1) is 6.57 Å². The Morgan fingerprint density at radius 3 is 2.75 bits per heavy atom. The molecule has 0 saturated heterocycles. The van der Waals surface area contributed by atoms with E-state index in [1.54, 1.807) is 0 Å². The summed E-state index contributed by atoms with van der Waals surface area (Å²) in [5, 5.41) is 0. The average Bonchev–Trinajstić information content (AvgIpc) is 2.05. The minimum Gasteiger partial charge on any atom is -0.295 e. The molecule has 0 fully saturated rings. The number of hydrogen-bond acceptors (Lipinski definition) is 1. The van der Waals surface area contributed by atoms with Crippen molar-refractivity contribution in [1.29, 1.82) is 0 Å². The summed E-state index contributed by atoms with van der Waals surface area (Å²) in [5.74, 6) is -0.755. The number of benzene rings is 1. The van der Waals surface area contributed by atoms with E-state index in [-0.39, 0.29) is 11.5 Å². The summed E-state index contributed by atoms with van der Waals surface area (Å²) in [6.07, 6.45) is 0. The third-order valence-electron chi connectivity index (χ3n) is 1.47. The van der Waals surface area contributed by atoms with Gasteiger partial charge in [0.25, 0.3) is 0 Å².